The van der Waals surface area contributed by atoms with Gasteiger partial charge in [0.15, 0.2) is 0 Å². The van der Waals surface area contributed by atoms with E-state index in [-0.39, 0.29) is 12.0 Å². The van der Waals surface area contributed by atoms with Gasteiger partial charge in [-0.3, -0.25) is 9.78 Å². The van der Waals surface area contributed by atoms with Crippen molar-refractivity contribution in [1.82, 2.24) is 20.0 Å². The Kier molecular flexibility index (Phi) is 5.70. The molecule has 0 unspecified atom stereocenters. The number of hydrogen-bond donors (Lipinski definition) is 0. The zero-order chi connectivity index (χ0) is 18.5. The number of carbonyl (C=O) groups excluding carboxylic acids is 1. The highest BCUT2D eigenvalue weighted by molar-refractivity contribution is 5.76. The number of likely N-dealkylation sites (tertiary alicyclic amines) is 1. The van der Waals surface area contributed by atoms with Gasteiger partial charge in [-0.25, -0.2) is 0 Å². The summed E-state index contributed by atoms with van der Waals surface area (Å²) in [4.78, 5) is 22.7. The van der Waals surface area contributed by atoms with E-state index in [9.17, 15) is 4.79 Å². The summed E-state index contributed by atoms with van der Waals surface area (Å²) in [5.41, 5.74) is 1.88. The van der Waals surface area contributed by atoms with Crippen LogP contribution in [0.5, 0.6) is 11.8 Å². The molecule has 3 rings (SSSR count). The maximum absolute atomic E-state index is 12.6. The molecule has 1 fully saturated rings. The lowest BCUT2D eigenvalue weighted by Crippen LogP contribution is -2.44. The van der Waals surface area contributed by atoms with Gasteiger partial charge >= 0.3 is 0 Å². The van der Waals surface area contributed by atoms with Crippen LogP contribution in [0, 0.1) is 13.8 Å². The molecule has 0 aromatic carbocycles. The van der Waals surface area contributed by atoms with Crippen LogP contribution in [0.15, 0.2) is 16.9 Å². The summed E-state index contributed by atoms with van der Waals surface area (Å²) in [6, 6.07) is 0. The fourth-order valence-electron chi connectivity index (χ4n) is 3.17. The summed E-state index contributed by atoms with van der Waals surface area (Å²) >= 11 is 0. The lowest BCUT2D eigenvalue weighted by molar-refractivity contribution is -0.133. The third-order valence-electron chi connectivity index (χ3n) is 4.59. The molecule has 1 aliphatic heterocycles. The molecular weight excluding hydrogens is 336 g/mol. The van der Waals surface area contributed by atoms with Gasteiger partial charge in [-0.1, -0.05) is 5.16 Å². The molecule has 0 aliphatic carbocycles. The number of aromatic nitrogens is 3. The lowest BCUT2D eigenvalue weighted by atomic mass is 10.1. The number of aryl methyl sites for hydroxylation is 2. The second kappa shape index (κ2) is 8.16. The number of hydrogen-bond acceptors (Lipinski definition) is 7. The van der Waals surface area contributed by atoms with Crippen molar-refractivity contribution in [3.05, 3.63) is 29.4 Å². The third-order valence-corrected chi connectivity index (χ3v) is 4.59. The van der Waals surface area contributed by atoms with Crippen molar-refractivity contribution < 1.29 is 18.8 Å². The summed E-state index contributed by atoms with van der Waals surface area (Å²) in [5, 5.41) is 3.94. The zero-order valence-electron chi connectivity index (χ0n) is 15.4. The fourth-order valence-corrected chi connectivity index (χ4v) is 3.17. The van der Waals surface area contributed by atoms with E-state index in [0.29, 0.717) is 31.1 Å². The average molecular weight is 360 g/mol. The topological polar surface area (TPSA) is 90.6 Å². The number of amides is 1. The van der Waals surface area contributed by atoms with Gasteiger partial charge < -0.3 is 18.9 Å². The summed E-state index contributed by atoms with van der Waals surface area (Å²) in [6.07, 6.45) is 5.86. The normalized spacial score (nSPS) is 17.2. The highest BCUT2D eigenvalue weighted by Crippen LogP contribution is 2.20. The van der Waals surface area contributed by atoms with Gasteiger partial charge in [0.25, 0.3) is 0 Å². The van der Waals surface area contributed by atoms with Crippen LogP contribution in [0.1, 0.15) is 36.3 Å². The van der Waals surface area contributed by atoms with Gasteiger partial charge in [-0.05, 0) is 33.1 Å². The molecule has 2 aromatic rings. The second-order valence-corrected chi connectivity index (χ2v) is 6.42. The molecule has 0 radical (unpaired) electrons. The third kappa shape index (κ3) is 4.30. The van der Waals surface area contributed by atoms with Crippen molar-refractivity contribution in [2.75, 3.05) is 20.2 Å². The molecule has 1 atom stereocenters. The van der Waals surface area contributed by atoms with Crippen LogP contribution in [-0.4, -0.2) is 52.2 Å². The molecule has 1 saturated heterocycles. The predicted molar refractivity (Wildman–Crippen MR) is 93.1 cm³/mol. The van der Waals surface area contributed by atoms with E-state index in [1.165, 1.54) is 13.3 Å². The minimum atomic E-state index is -0.0897. The number of nitrogens with zero attached hydrogens (tertiary/aromatic N) is 4. The smallest absolute Gasteiger partial charge is 0.235 e. The number of carbonyl (C=O) groups is 1. The molecule has 8 heteroatoms. The molecule has 1 amide bonds. The van der Waals surface area contributed by atoms with Crippen LogP contribution in [0.3, 0.4) is 0 Å². The van der Waals surface area contributed by atoms with Crippen LogP contribution in [0.2, 0.25) is 0 Å². The number of rotatable bonds is 6. The maximum Gasteiger partial charge on any atom is 0.235 e. The zero-order valence-corrected chi connectivity index (χ0v) is 15.4. The Hall–Kier alpha value is -2.64. The largest absolute Gasteiger partial charge is 0.480 e. The molecule has 1 aliphatic rings. The molecule has 0 bridgehead atoms. The number of ether oxygens (including phenoxy) is 2. The molecule has 140 valence electrons. The van der Waals surface area contributed by atoms with E-state index in [2.05, 4.69) is 15.1 Å². The molecule has 0 saturated carbocycles. The van der Waals surface area contributed by atoms with Crippen molar-refractivity contribution in [2.24, 2.45) is 0 Å². The summed E-state index contributed by atoms with van der Waals surface area (Å²) in [6.45, 7) is 5.08. The van der Waals surface area contributed by atoms with Gasteiger partial charge in [-0.15, -0.1) is 0 Å². The van der Waals surface area contributed by atoms with E-state index in [4.69, 9.17) is 14.0 Å². The summed E-state index contributed by atoms with van der Waals surface area (Å²) in [7, 11) is 1.54. The molecule has 26 heavy (non-hydrogen) atoms. The maximum atomic E-state index is 12.6. The average Bonchev–Trinajstić information content (AvgIpc) is 2.98. The van der Waals surface area contributed by atoms with Gasteiger partial charge in [0.2, 0.25) is 17.7 Å². The molecule has 3 heterocycles. The summed E-state index contributed by atoms with van der Waals surface area (Å²) < 4.78 is 16.1. The highest BCUT2D eigenvalue weighted by Gasteiger charge is 2.25. The van der Waals surface area contributed by atoms with Crippen LogP contribution >= 0.6 is 0 Å². The van der Waals surface area contributed by atoms with Gasteiger partial charge in [0.05, 0.1) is 31.7 Å². The quantitative estimate of drug-likeness (QED) is 0.779. The fraction of sp³-hybridized carbons (Fsp3) is 0.556. The SMILES string of the molecule is COc1cncc(O[C@H]2CCCN(C(=O)CCc3c(C)noc3C)C2)n1. The van der Waals surface area contributed by atoms with Gasteiger partial charge in [-0.2, -0.15) is 4.98 Å². The number of piperidine rings is 1. The van der Waals surface area contributed by atoms with Crippen LogP contribution in [-0.2, 0) is 11.2 Å². The van der Waals surface area contributed by atoms with E-state index in [1.807, 2.05) is 18.7 Å². The van der Waals surface area contributed by atoms with Crippen molar-refractivity contribution in [3.63, 3.8) is 0 Å². The van der Waals surface area contributed by atoms with E-state index in [1.54, 1.807) is 6.20 Å². The van der Waals surface area contributed by atoms with Gasteiger partial charge in [0, 0.05) is 18.5 Å². The van der Waals surface area contributed by atoms with Crippen LogP contribution in [0.25, 0.3) is 0 Å². The molecular formula is C18H24N4O4. The van der Waals surface area contributed by atoms with E-state index < -0.39 is 0 Å². The van der Waals surface area contributed by atoms with Crippen molar-refractivity contribution in [3.8, 4) is 11.8 Å². The van der Waals surface area contributed by atoms with E-state index >= 15 is 0 Å². The first-order chi connectivity index (χ1) is 12.6. The monoisotopic (exact) mass is 360 g/mol. The Morgan fingerprint density at radius 2 is 2.15 bits per heavy atom. The highest BCUT2D eigenvalue weighted by atomic mass is 16.5. The van der Waals surface area contributed by atoms with Gasteiger partial charge in [0.1, 0.15) is 11.9 Å². The Labute approximate surface area is 152 Å². The van der Waals surface area contributed by atoms with Crippen molar-refractivity contribution >= 4 is 5.91 Å². The van der Waals surface area contributed by atoms with E-state index in [0.717, 1.165) is 36.4 Å². The minimum absolute atomic E-state index is 0.0897. The first kappa shape index (κ1) is 18.2. The lowest BCUT2D eigenvalue weighted by Gasteiger charge is -2.32. The molecule has 0 spiro atoms. The molecule has 8 nitrogen and oxygen atoms in total. The Morgan fingerprint density at radius 3 is 2.88 bits per heavy atom. The second-order valence-electron chi connectivity index (χ2n) is 6.42. The minimum Gasteiger partial charge on any atom is -0.480 e. The standard InChI is InChI=1S/C18H24N4O4/c1-12-15(13(2)26-21-12)6-7-18(23)22-8-4-5-14(11-22)25-17-10-19-9-16(20-17)24-3/h9-10,14H,4-8,11H2,1-3H3/t14-/m0/s1. The van der Waals surface area contributed by atoms with Crippen molar-refractivity contribution in [2.45, 2.75) is 45.6 Å². The Balaban J connectivity index is 1.54. The number of methoxy groups -OCH3 is 1. The van der Waals surface area contributed by atoms with Crippen LogP contribution < -0.4 is 9.47 Å². The van der Waals surface area contributed by atoms with Crippen LogP contribution in [0.4, 0.5) is 0 Å². The molecule has 0 N–H and O–H groups in total. The first-order valence-electron chi connectivity index (χ1n) is 8.79. The summed E-state index contributed by atoms with van der Waals surface area (Å²) in [5.74, 6) is 1.73. The molecule has 2 aromatic heterocycles. The van der Waals surface area contributed by atoms with Crippen molar-refractivity contribution in [1.29, 1.82) is 0 Å². The Bertz CT molecular complexity index is 742. The Morgan fingerprint density at radius 1 is 1.35 bits per heavy atom. The predicted octanol–water partition coefficient (Wildman–Crippen LogP) is 2.09. The first-order valence-corrected chi connectivity index (χ1v) is 8.79.